The van der Waals surface area contributed by atoms with Gasteiger partial charge in [-0.25, -0.2) is 4.79 Å². The van der Waals surface area contributed by atoms with Gasteiger partial charge in [0.05, 0.1) is 6.10 Å². The Labute approximate surface area is 140 Å². The molecule has 0 bridgehead atoms. The summed E-state index contributed by atoms with van der Waals surface area (Å²) in [6.07, 6.45) is 6.79. The zero-order valence-electron chi connectivity index (χ0n) is 14.5. The van der Waals surface area contributed by atoms with Gasteiger partial charge in [-0.1, -0.05) is 29.8 Å². The highest BCUT2D eigenvalue weighted by atomic mass is 16.5. The molecule has 1 atom stereocenters. The van der Waals surface area contributed by atoms with E-state index in [1.807, 2.05) is 7.05 Å². The van der Waals surface area contributed by atoms with Crippen LogP contribution >= 0.6 is 0 Å². The minimum absolute atomic E-state index is 0.0183. The van der Waals surface area contributed by atoms with Crippen LogP contribution in [0, 0.1) is 6.92 Å². The number of benzene rings is 1. The summed E-state index contributed by atoms with van der Waals surface area (Å²) in [4.78, 5) is 13.8. The van der Waals surface area contributed by atoms with Gasteiger partial charge in [0.15, 0.2) is 0 Å². The fourth-order valence-electron chi connectivity index (χ4n) is 2.85. The molecule has 0 aliphatic carbocycles. The smallest absolute Gasteiger partial charge is 0.317 e. The van der Waals surface area contributed by atoms with Gasteiger partial charge in [-0.05, 0) is 51.0 Å². The maximum absolute atomic E-state index is 12.0. The molecule has 4 nitrogen and oxygen atoms in total. The summed E-state index contributed by atoms with van der Waals surface area (Å²) < 4.78 is 5.71. The van der Waals surface area contributed by atoms with Gasteiger partial charge in [0, 0.05) is 26.7 Å². The highest BCUT2D eigenvalue weighted by Crippen LogP contribution is 2.15. The summed E-state index contributed by atoms with van der Waals surface area (Å²) in [5.41, 5.74) is 2.61. The molecule has 1 aliphatic rings. The molecule has 1 unspecified atom stereocenters. The maximum Gasteiger partial charge on any atom is 0.317 e. The first-order valence-corrected chi connectivity index (χ1v) is 8.81. The Kier molecular flexibility index (Phi) is 7.40. The zero-order chi connectivity index (χ0) is 16.5. The Morgan fingerprint density at radius 2 is 2.09 bits per heavy atom. The number of nitrogens with one attached hydrogen (secondary N) is 1. The number of carbonyl (C=O) groups is 1. The molecule has 128 valence electrons. The van der Waals surface area contributed by atoms with Crippen molar-refractivity contribution in [3.8, 4) is 0 Å². The van der Waals surface area contributed by atoms with Crippen LogP contribution in [-0.2, 0) is 11.2 Å². The van der Waals surface area contributed by atoms with Crippen LogP contribution in [0.5, 0.6) is 0 Å². The van der Waals surface area contributed by atoms with E-state index in [2.05, 4.69) is 36.5 Å². The highest BCUT2D eigenvalue weighted by Gasteiger charge is 2.16. The molecular weight excluding hydrogens is 288 g/mol. The van der Waals surface area contributed by atoms with Gasteiger partial charge in [0.1, 0.15) is 0 Å². The van der Waals surface area contributed by atoms with Crippen molar-refractivity contribution in [2.24, 2.45) is 0 Å². The number of hydrogen-bond donors (Lipinski definition) is 1. The van der Waals surface area contributed by atoms with Crippen molar-refractivity contribution in [3.05, 3.63) is 35.4 Å². The van der Waals surface area contributed by atoms with Crippen LogP contribution in [0.1, 0.15) is 43.2 Å². The lowest BCUT2D eigenvalue weighted by Crippen LogP contribution is -2.39. The molecule has 2 amide bonds. The largest absolute Gasteiger partial charge is 0.378 e. The molecule has 23 heavy (non-hydrogen) atoms. The molecule has 1 N–H and O–H groups in total. The van der Waals surface area contributed by atoms with E-state index < -0.39 is 0 Å². The van der Waals surface area contributed by atoms with Crippen molar-refractivity contribution in [2.45, 2.75) is 51.6 Å². The number of amides is 2. The Balaban J connectivity index is 1.57. The van der Waals surface area contributed by atoms with Crippen LogP contribution in [0.3, 0.4) is 0 Å². The number of rotatable bonds is 7. The summed E-state index contributed by atoms with van der Waals surface area (Å²) in [5.74, 6) is 0. The highest BCUT2D eigenvalue weighted by molar-refractivity contribution is 5.73. The van der Waals surface area contributed by atoms with Crippen LogP contribution in [-0.4, -0.2) is 43.8 Å². The molecule has 0 aromatic heterocycles. The minimum atomic E-state index is 0.0183. The summed E-state index contributed by atoms with van der Waals surface area (Å²) in [6, 6.07) is 8.61. The van der Waals surface area contributed by atoms with Gasteiger partial charge in [-0.15, -0.1) is 0 Å². The van der Waals surface area contributed by atoms with E-state index in [0.29, 0.717) is 6.10 Å². The molecule has 0 spiro atoms. The normalized spacial score (nSPS) is 17.7. The molecule has 1 aliphatic heterocycles. The Morgan fingerprint density at radius 1 is 1.30 bits per heavy atom. The van der Waals surface area contributed by atoms with Crippen molar-refractivity contribution in [3.63, 3.8) is 0 Å². The number of ether oxygens (including phenoxy) is 1. The van der Waals surface area contributed by atoms with Gasteiger partial charge < -0.3 is 15.0 Å². The quantitative estimate of drug-likeness (QED) is 0.782. The first-order chi connectivity index (χ1) is 11.1. The number of nitrogens with zero attached hydrogens (tertiary/aromatic N) is 1. The van der Waals surface area contributed by atoms with E-state index in [0.717, 1.165) is 45.4 Å². The molecule has 2 rings (SSSR count). The average Bonchev–Trinajstić information content (AvgIpc) is 2.59. The molecular formula is C19H30N2O2. The van der Waals surface area contributed by atoms with Crippen LogP contribution in [0.2, 0.25) is 0 Å². The van der Waals surface area contributed by atoms with Crippen molar-refractivity contribution in [2.75, 3.05) is 26.7 Å². The molecule has 1 aromatic rings. The Bertz CT molecular complexity index is 467. The Morgan fingerprint density at radius 3 is 2.78 bits per heavy atom. The second-order valence-corrected chi connectivity index (χ2v) is 6.52. The molecule has 1 fully saturated rings. The molecule has 4 heteroatoms. The van der Waals surface area contributed by atoms with E-state index in [9.17, 15) is 4.79 Å². The summed E-state index contributed by atoms with van der Waals surface area (Å²) in [5, 5.41) is 3.00. The van der Waals surface area contributed by atoms with Crippen LogP contribution in [0.25, 0.3) is 0 Å². The number of carbonyl (C=O) groups excluding carboxylic acids is 1. The minimum Gasteiger partial charge on any atom is -0.378 e. The van der Waals surface area contributed by atoms with E-state index in [1.165, 1.54) is 24.0 Å². The SMILES string of the molecule is Cc1ccc(CCCNC(=O)N(C)CCC2CCCCO2)cc1. The number of hydrogen-bond acceptors (Lipinski definition) is 2. The predicted molar refractivity (Wildman–Crippen MR) is 93.7 cm³/mol. The monoisotopic (exact) mass is 318 g/mol. The molecule has 1 saturated heterocycles. The van der Waals surface area contributed by atoms with E-state index in [1.54, 1.807) is 4.90 Å². The first kappa shape index (κ1) is 17.8. The molecule has 0 saturated carbocycles. The molecule has 1 heterocycles. The van der Waals surface area contributed by atoms with Gasteiger partial charge in [0.2, 0.25) is 0 Å². The lowest BCUT2D eigenvalue weighted by Gasteiger charge is -2.25. The summed E-state index contributed by atoms with van der Waals surface area (Å²) in [7, 11) is 1.86. The Hall–Kier alpha value is -1.55. The number of aryl methyl sites for hydroxylation is 2. The zero-order valence-corrected chi connectivity index (χ0v) is 14.5. The predicted octanol–water partition coefficient (Wildman–Crippen LogP) is 3.53. The van der Waals surface area contributed by atoms with Crippen LogP contribution in [0.4, 0.5) is 4.79 Å². The third kappa shape index (κ3) is 6.61. The fraction of sp³-hybridized carbons (Fsp3) is 0.632. The lowest BCUT2D eigenvalue weighted by molar-refractivity contribution is 0.00828. The number of urea groups is 1. The molecule has 0 radical (unpaired) electrons. The van der Waals surface area contributed by atoms with E-state index in [-0.39, 0.29) is 6.03 Å². The summed E-state index contributed by atoms with van der Waals surface area (Å²) in [6.45, 7) is 4.45. The van der Waals surface area contributed by atoms with Gasteiger partial charge in [0.25, 0.3) is 0 Å². The van der Waals surface area contributed by atoms with Crippen molar-refractivity contribution in [1.82, 2.24) is 10.2 Å². The molecule has 1 aromatic carbocycles. The van der Waals surface area contributed by atoms with Crippen LogP contribution in [0.15, 0.2) is 24.3 Å². The second kappa shape index (κ2) is 9.56. The van der Waals surface area contributed by atoms with Crippen molar-refractivity contribution < 1.29 is 9.53 Å². The van der Waals surface area contributed by atoms with E-state index >= 15 is 0 Å². The average molecular weight is 318 g/mol. The third-order valence-electron chi connectivity index (χ3n) is 4.45. The first-order valence-electron chi connectivity index (χ1n) is 8.81. The van der Waals surface area contributed by atoms with Gasteiger partial charge >= 0.3 is 6.03 Å². The summed E-state index contributed by atoms with van der Waals surface area (Å²) >= 11 is 0. The fourth-order valence-corrected chi connectivity index (χ4v) is 2.85. The van der Waals surface area contributed by atoms with Crippen molar-refractivity contribution >= 4 is 6.03 Å². The van der Waals surface area contributed by atoms with Crippen LogP contribution < -0.4 is 5.32 Å². The standard InChI is InChI=1S/C19H30N2O2/c1-16-8-10-17(11-9-16)6-5-13-20-19(22)21(2)14-12-18-7-3-4-15-23-18/h8-11,18H,3-7,12-15H2,1-2H3,(H,20,22). The van der Waals surface area contributed by atoms with E-state index in [4.69, 9.17) is 4.74 Å². The lowest BCUT2D eigenvalue weighted by atomic mass is 10.1. The third-order valence-corrected chi connectivity index (χ3v) is 4.45. The second-order valence-electron chi connectivity index (χ2n) is 6.52. The van der Waals surface area contributed by atoms with Gasteiger partial charge in [-0.2, -0.15) is 0 Å². The topological polar surface area (TPSA) is 41.6 Å². The maximum atomic E-state index is 12.0. The van der Waals surface area contributed by atoms with Gasteiger partial charge in [-0.3, -0.25) is 0 Å². The van der Waals surface area contributed by atoms with Crippen molar-refractivity contribution in [1.29, 1.82) is 0 Å².